The van der Waals surface area contributed by atoms with Crippen molar-refractivity contribution in [2.75, 3.05) is 0 Å². The first-order valence-corrected chi connectivity index (χ1v) is 7.35. The summed E-state index contributed by atoms with van der Waals surface area (Å²) in [5.74, 6) is -0.208. The molecule has 0 fully saturated rings. The highest BCUT2D eigenvalue weighted by Crippen LogP contribution is 2.22. The van der Waals surface area contributed by atoms with E-state index < -0.39 is 11.3 Å². The van der Waals surface area contributed by atoms with Gasteiger partial charge in [-0.05, 0) is 23.3 Å². The zero-order valence-electron chi connectivity index (χ0n) is 13.8. The Balaban J connectivity index is 0.00000364. The van der Waals surface area contributed by atoms with Crippen molar-refractivity contribution >= 4 is 35.6 Å². The number of rotatable bonds is 6. The second kappa shape index (κ2) is 9.94. The summed E-state index contributed by atoms with van der Waals surface area (Å²) in [6.45, 7) is 0.398. The molecular weight excluding hydrogens is 480 g/mol. The number of nitrogens with one attached hydrogen (secondary N) is 1. The Bertz CT molecular complexity index is 798. The van der Waals surface area contributed by atoms with Gasteiger partial charge in [0.15, 0.2) is 5.96 Å². The van der Waals surface area contributed by atoms with Gasteiger partial charge < -0.3 is 15.8 Å². The highest BCUT2D eigenvalue weighted by Gasteiger charge is 2.30. The maximum atomic E-state index is 12.1. The Labute approximate surface area is 169 Å². The van der Waals surface area contributed by atoms with Gasteiger partial charge in [-0.25, -0.2) is 4.99 Å². The molecule has 0 unspecified atom stereocenters. The quantitative estimate of drug-likeness (QED) is 0.209. The van der Waals surface area contributed by atoms with Gasteiger partial charge in [-0.15, -0.1) is 37.1 Å². The average molecular weight is 496 g/mol. The van der Waals surface area contributed by atoms with Crippen LogP contribution < -0.4 is 15.8 Å². The molecule has 0 spiro atoms. The molecule has 0 aliphatic heterocycles. The molecule has 27 heavy (non-hydrogen) atoms. The number of aliphatic imine (C=N–C) groups is 1. The van der Waals surface area contributed by atoms with Gasteiger partial charge in [0.1, 0.15) is 5.75 Å². The summed E-state index contributed by atoms with van der Waals surface area (Å²) in [6, 6.07) is 11.3. The molecule has 2 aromatic rings. The van der Waals surface area contributed by atoms with Gasteiger partial charge in [-0.1, -0.05) is 24.3 Å². The number of nitro groups is 1. The third kappa shape index (κ3) is 8.11. The molecule has 0 saturated heterocycles. The smallest absolute Gasteiger partial charge is 0.406 e. The minimum Gasteiger partial charge on any atom is -0.406 e. The van der Waals surface area contributed by atoms with E-state index in [9.17, 15) is 23.3 Å². The van der Waals surface area contributed by atoms with Crippen molar-refractivity contribution in [2.45, 2.75) is 19.5 Å². The monoisotopic (exact) mass is 496 g/mol. The molecule has 3 N–H and O–H groups in total. The van der Waals surface area contributed by atoms with E-state index >= 15 is 0 Å². The van der Waals surface area contributed by atoms with Crippen molar-refractivity contribution < 1.29 is 22.8 Å². The Morgan fingerprint density at radius 3 is 2.44 bits per heavy atom. The number of alkyl halides is 3. The number of non-ortho nitro benzene ring substituents is 1. The van der Waals surface area contributed by atoms with Crippen molar-refractivity contribution in [3.63, 3.8) is 0 Å². The third-order valence-electron chi connectivity index (χ3n) is 3.18. The van der Waals surface area contributed by atoms with E-state index in [2.05, 4.69) is 15.0 Å². The molecule has 0 saturated carbocycles. The maximum absolute atomic E-state index is 12.1. The molecule has 7 nitrogen and oxygen atoms in total. The third-order valence-corrected chi connectivity index (χ3v) is 3.18. The summed E-state index contributed by atoms with van der Waals surface area (Å²) in [7, 11) is 0. The molecule has 0 heterocycles. The number of ether oxygens (including phenoxy) is 1. The summed E-state index contributed by atoms with van der Waals surface area (Å²) < 4.78 is 40.0. The van der Waals surface area contributed by atoms with Gasteiger partial charge >= 0.3 is 6.36 Å². The number of hydrogen-bond acceptors (Lipinski definition) is 4. The predicted octanol–water partition coefficient (Wildman–Crippen LogP) is 3.72. The lowest BCUT2D eigenvalue weighted by atomic mass is 10.2. The lowest BCUT2D eigenvalue weighted by Crippen LogP contribution is -2.31. The summed E-state index contributed by atoms with van der Waals surface area (Å²) in [6.07, 6.45) is -4.73. The molecule has 2 rings (SSSR count). The number of benzene rings is 2. The Morgan fingerprint density at radius 2 is 1.85 bits per heavy atom. The Morgan fingerprint density at radius 1 is 1.19 bits per heavy atom. The number of halogens is 4. The van der Waals surface area contributed by atoms with E-state index in [1.807, 2.05) is 0 Å². The van der Waals surface area contributed by atoms with Gasteiger partial charge in [0.05, 0.1) is 11.5 Å². The standard InChI is InChI=1S/C16H15F3N4O3.HI/c17-16(18,19)26-14-6-4-11(5-7-14)9-21-15(20)22-10-12-2-1-3-13(8-12)23(24)25;/h1-8H,9-10H2,(H3,20,21,22);1H. The minimum atomic E-state index is -4.73. The molecule has 2 aromatic carbocycles. The first-order valence-electron chi connectivity index (χ1n) is 7.35. The molecule has 0 aliphatic carbocycles. The highest BCUT2D eigenvalue weighted by atomic mass is 127. The number of nitrogens with two attached hydrogens (primary N) is 1. The predicted molar refractivity (Wildman–Crippen MR) is 104 cm³/mol. The average Bonchev–Trinajstić information content (AvgIpc) is 2.58. The fourth-order valence-corrected chi connectivity index (χ4v) is 2.00. The maximum Gasteiger partial charge on any atom is 0.573 e. The van der Waals surface area contributed by atoms with Gasteiger partial charge in [0.2, 0.25) is 0 Å². The van der Waals surface area contributed by atoms with Crippen LogP contribution in [0.1, 0.15) is 11.1 Å². The number of nitro benzene ring substituents is 1. The van der Waals surface area contributed by atoms with E-state index in [0.29, 0.717) is 11.1 Å². The van der Waals surface area contributed by atoms with Crippen LogP contribution in [0.3, 0.4) is 0 Å². The zero-order valence-corrected chi connectivity index (χ0v) is 16.1. The van der Waals surface area contributed by atoms with Gasteiger partial charge in [0, 0.05) is 18.7 Å². The van der Waals surface area contributed by atoms with Crippen molar-refractivity contribution in [2.24, 2.45) is 10.7 Å². The Kier molecular flexibility index (Phi) is 8.28. The lowest BCUT2D eigenvalue weighted by Gasteiger charge is -2.10. The zero-order chi connectivity index (χ0) is 19.2. The summed E-state index contributed by atoms with van der Waals surface area (Å²) in [4.78, 5) is 14.3. The van der Waals surface area contributed by atoms with Gasteiger partial charge in [-0.2, -0.15) is 0 Å². The van der Waals surface area contributed by atoms with Crippen LogP contribution in [0.5, 0.6) is 5.75 Å². The van der Waals surface area contributed by atoms with Crippen LogP contribution >= 0.6 is 24.0 Å². The van der Waals surface area contributed by atoms with Crippen molar-refractivity contribution in [1.82, 2.24) is 5.32 Å². The SMILES string of the molecule is I.NC(=NCc1cccc([N+](=O)[O-])c1)NCc1ccc(OC(F)(F)F)cc1. The van der Waals surface area contributed by atoms with Crippen LogP contribution in [0.15, 0.2) is 53.5 Å². The molecule has 0 aromatic heterocycles. The van der Waals surface area contributed by atoms with E-state index in [0.717, 1.165) is 0 Å². The van der Waals surface area contributed by atoms with Crippen LogP contribution in [-0.4, -0.2) is 17.2 Å². The number of guanidine groups is 1. The second-order valence-electron chi connectivity index (χ2n) is 5.17. The van der Waals surface area contributed by atoms with Crippen molar-refractivity contribution in [3.8, 4) is 5.75 Å². The first-order chi connectivity index (χ1) is 12.2. The van der Waals surface area contributed by atoms with Crippen molar-refractivity contribution in [1.29, 1.82) is 0 Å². The lowest BCUT2D eigenvalue weighted by molar-refractivity contribution is -0.384. The molecule has 0 aliphatic rings. The topological polar surface area (TPSA) is 103 Å². The molecule has 0 atom stereocenters. The normalized spacial score (nSPS) is 11.4. The molecule has 146 valence electrons. The molecule has 0 radical (unpaired) electrons. The van der Waals surface area contributed by atoms with Crippen LogP contribution in [0.4, 0.5) is 18.9 Å². The van der Waals surface area contributed by atoms with Crippen LogP contribution in [0, 0.1) is 10.1 Å². The molecule has 0 amide bonds. The number of nitrogens with zero attached hydrogens (tertiary/aromatic N) is 2. The van der Waals surface area contributed by atoms with Gasteiger partial charge in [0.25, 0.3) is 5.69 Å². The van der Waals surface area contributed by atoms with E-state index in [-0.39, 0.29) is 54.5 Å². The molecular formula is C16H16F3IN4O3. The largest absolute Gasteiger partial charge is 0.573 e. The van der Waals surface area contributed by atoms with Crippen LogP contribution in [0.25, 0.3) is 0 Å². The minimum absolute atomic E-state index is 0. The van der Waals surface area contributed by atoms with E-state index in [1.165, 1.54) is 36.4 Å². The highest BCUT2D eigenvalue weighted by molar-refractivity contribution is 14.0. The van der Waals surface area contributed by atoms with Gasteiger partial charge in [-0.3, -0.25) is 10.1 Å². The Hall–Kier alpha value is -2.57. The fourth-order valence-electron chi connectivity index (χ4n) is 2.00. The van der Waals surface area contributed by atoms with Crippen LogP contribution in [0.2, 0.25) is 0 Å². The summed E-state index contributed by atoms with van der Waals surface area (Å²) in [5.41, 5.74) is 6.97. The summed E-state index contributed by atoms with van der Waals surface area (Å²) in [5, 5.41) is 13.5. The number of hydrogen-bond donors (Lipinski definition) is 2. The van der Waals surface area contributed by atoms with E-state index in [1.54, 1.807) is 12.1 Å². The first kappa shape index (κ1) is 22.5. The van der Waals surface area contributed by atoms with Crippen molar-refractivity contribution in [3.05, 3.63) is 69.8 Å². The van der Waals surface area contributed by atoms with Crippen LogP contribution in [-0.2, 0) is 13.1 Å². The molecule has 11 heteroatoms. The fraction of sp³-hybridized carbons (Fsp3) is 0.188. The summed E-state index contributed by atoms with van der Waals surface area (Å²) >= 11 is 0. The second-order valence-corrected chi connectivity index (χ2v) is 5.17. The van der Waals surface area contributed by atoms with E-state index in [4.69, 9.17) is 5.73 Å². The molecule has 0 bridgehead atoms.